The molecule has 0 aromatic carbocycles. The van der Waals surface area contributed by atoms with Gasteiger partial charge < -0.3 is 5.32 Å². The van der Waals surface area contributed by atoms with Gasteiger partial charge in [0.15, 0.2) is 0 Å². The zero-order valence-corrected chi connectivity index (χ0v) is 10.5. The van der Waals surface area contributed by atoms with E-state index in [1.54, 1.807) is 6.26 Å². The molecule has 0 heterocycles. The molecule has 0 bridgehead atoms. The van der Waals surface area contributed by atoms with Crippen molar-refractivity contribution in [1.82, 2.24) is 5.32 Å². The van der Waals surface area contributed by atoms with Crippen molar-refractivity contribution in [3.8, 4) is 0 Å². The van der Waals surface area contributed by atoms with E-state index in [1.807, 2.05) is 0 Å². The molecular formula is C11H25NOS. The van der Waals surface area contributed by atoms with Crippen LogP contribution < -0.4 is 5.32 Å². The smallest absolute Gasteiger partial charge is 0.0244 e. The molecule has 0 saturated heterocycles. The molecule has 3 heteroatoms. The fourth-order valence-electron chi connectivity index (χ4n) is 1.38. The van der Waals surface area contributed by atoms with Crippen molar-refractivity contribution in [2.75, 3.05) is 25.1 Å². The number of hydrogen-bond acceptors (Lipinski definition) is 2. The molecule has 0 aliphatic rings. The number of hydrogen-bond donors (Lipinski definition) is 1. The number of nitrogens with one attached hydrogen (secondary N) is 1. The Balaban J connectivity index is 2.88. The second-order valence-corrected chi connectivity index (χ2v) is 5.35. The minimum atomic E-state index is -0.617. The van der Waals surface area contributed by atoms with Gasteiger partial charge in [0.1, 0.15) is 0 Å². The lowest BCUT2D eigenvalue weighted by atomic mass is 10.1. The maximum atomic E-state index is 10.7. The van der Waals surface area contributed by atoms with Crippen LogP contribution in [-0.4, -0.2) is 29.3 Å². The van der Waals surface area contributed by atoms with Crippen molar-refractivity contribution in [2.45, 2.75) is 45.4 Å². The standard InChI is InChI=1S/C11H25NOS/c1-3-4-5-6-7-9-12-10-8-11-14(2)13/h12H,3-11H2,1-2H3. The highest BCUT2D eigenvalue weighted by Gasteiger charge is 1.92. The molecule has 2 nitrogen and oxygen atoms in total. The van der Waals surface area contributed by atoms with Crippen molar-refractivity contribution in [2.24, 2.45) is 0 Å². The largest absolute Gasteiger partial charge is 0.317 e. The van der Waals surface area contributed by atoms with Crippen LogP contribution in [0.2, 0.25) is 0 Å². The van der Waals surface area contributed by atoms with Gasteiger partial charge in [-0.1, -0.05) is 32.6 Å². The zero-order valence-electron chi connectivity index (χ0n) is 9.68. The van der Waals surface area contributed by atoms with Crippen molar-refractivity contribution in [3.05, 3.63) is 0 Å². The van der Waals surface area contributed by atoms with Crippen LogP contribution in [-0.2, 0) is 10.8 Å². The van der Waals surface area contributed by atoms with Crippen molar-refractivity contribution < 1.29 is 4.21 Å². The molecule has 0 aromatic heterocycles. The van der Waals surface area contributed by atoms with Gasteiger partial charge >= 0.3 is 0 Å². The van der Waals surface area contributed by atoms with Gasteiger partial charge in [0.05, 0.1) is 0 Å². The SMILES string of the molecule is CCCCCCCNCCCS(C)=O. The van der Waals surface area contributed by atoms with E-state index in [1.165, 1.54) is 32.1 Å². The lowest BCUT2D eigenvalue weighted by molar-refractivity contribution is 0.581. The summed E-state index contributed by atoms with van der Waals surface area (Å²) in [6.45, 7) is 4.39. The lowest BCUT2D eigenvalue weighted by Gasteiger charge is -2.03. The quantitative estimate of drug-likeness (QED) is 0.571. The molecule has 0 saturated carbocycles. The van der Waals surface area contributed by atoms with Crippen LogP contribution >= 0.6 is 0 Å². The number of rotatable bonds is 10. The topological polar surface area (TPSA) is 29.1 Å². The molecule has 0 fully saturated rings. The second-order valence-electron chi connectivity index (χ2n) is 3.80. The molecule has 0 spiro atoms. The van der Waals surface area contributed by atoms with E-state index in [2.05, 4.69) is 12.2 Å². The average molecular weight is 219 g/mol. The second kappa shape index (κ2) is 11.2. The van der Waals surface area contributed by atoms with Crippen molar-refractivity contribution in [1.29, 1.82) is 0 Å². The average Bonchev–Trinajstić information content (AvgIpc) is 2.15. The van der Waals surface area contributed by atoms with Crippen LogP contribution in [0.25, 0.3) is 0 Å². The maximum absolute atomic E-state index is 10.7. The molecule has 0 rings (SSSR count). The van der Waals surface area contributed by atoms with Crippen LogP contribution in [0.3, 0.4) is 0 Å². The molecule has 86 valence electrons. The summed E-state index contributed by atoms with van der Waals surface area (Å²) >= 11 is 0. The van der Waals surface area contributed by atoms with Crippen molar-refractivity contribution in [3.63, 3.8) is 0 Å². The summed E-state index contributed by atoms with van der Waals surface area (Å²) in [6.07, 6.45) is 9.50. The first-order valence-corrected chi connectivity index (χ1v) is 7.50. The van der Waals surface area contributed by atoms with Gasteiger partial charge in [-0.15, -0.1) is 0 Å². The van der Waals surface area contributed by atoms with Crippen molar-refractivity contribution >= 4 is 10.8 Å². The Morgan fingerprint density at radius 3 is 2.29 bits per heavy atom. The summed E-state index contributed by atoms with van der Waals surface area (Å²) in [5.41, 5.74) is 0. The third-order valence-corrected chi connectivity index (χ3v) is 3.11. The van der Waals surface area contributed by atoms with Crippen LogP contribution in [0.4, 0.5) is 0 Å². The van der Waals surface area contributed by atoms with E-state index in [0.29, 0.717) is 0 Å². The summed E-state index contributed by atoms with van der Waals surface area (Å²) in [6, 6.07) is 0. The predicted molar refractivity (Wildman–Crippen MR) is 65.2 cm³/mol. The molecule has 1 atom stereocenters. The Morgan fingerprint density at radius 2 is 1.64 bits per heavy atom. The fraction of sp³-hybridized carbons (Fsp3) is 1.00. The molecule has 0 radical (unpaired) electrons. The molecule has 0 aromatic rings. The van der Waals surface area contributed by atoms with Gasteiger partial charge in [0, 0.05) is 22.8 Å². The van der Waals surface area contributed by atoms with Gasteiger partial charge in [-0.25, -0.2) is 0 Å². The summed E-state index contributed by atoms with van der Waals surface area (Å²) in [5.74, 6) is 0.836. The molecular weight excluding hydrogens is 194 g/mol. The number of unbranched alkanes of at least 4 members (excludes halogenated alkanes) is 4. The van der Waals surface area contributed by atoms with Crippen LogP contribution in [0.1, 0.15) is 45.4 Å². The summed E-state index contributed by atoms with van der Waals surface area (Å²) in [5, 5.41) is 3.38. The van der Waals surface area contributed by atoms with E-state index >= 15 is 0 Å². The fourth-order valence-corrected chi connectivity index (χ4v) is 1.93. The van der Waals surface area contributed by atoms with Crippen LogP contribution in [0.15, 0.2) is 0 Å². The third-order valence-electron chi connectivity index (χ3n) is 2.24. The Morgan fingerprint density at radius 1 is 1.00 bits per heavy atom. The Labute approximate surface area is 91.3 Å². The maximum Gasteiger partial charge on any atom is 0.0244 e. The zero-order chi connectivity index (χ0) is 10.6. The molecule has 1 unspecified atom stereocenters. The van der Waals surface area contributed by atoms with Gasteiger partial charge in [-0.05, 0) is 25.9 Å². The van der Waals surface area contributed by atoms with E-state index in [0.717, 1.165) is 25.3 Å². The van der Waals surface area contributed by atoms with E-state index in [9.17, 15) is 4.21 Å². The highest BCUT2D eigenvalue weighted by atomic mass is 32.2. The Kier molecular flexibility index (Phi) is 11.3. The lowest BCUT2D eigenvalue weighted by Crippen LogP contribution is -2.18. The van der Waals surface area contributed by atoms with Crippen LogP contribution in [0.5, 0.6) is 0 Å². The van der Waals surface area contributed by atoms with E-state index in [4.69, 9.17) is 0 Å². The summed E-state index contributed by atoms with van der Waals surface area (Å²) in [7, 11) is -0.617. The minimum absolute atomic E-state index is 0.617. The first-order chi connectivity index (χ1) is 6.77. The highest BCUT2D eigenvalue weighted by molar-refractivity contribution is 7.84. The first kappa shape index (κ1) is 14.1. The molecule has 0 aliphatic heterocycles. The van der Waals surface area contributed by atoms with E-state index < -0.39 is 10.8 Å². The predicted octanol–water partition coefficient (Wildman–Crippen LogP) is 2.32. The normalized spacial score (nSPS) is 13.0. The minimum Gasteiger partial charge on any atom is -0.317 e. The molecule has 0 amide bonds. The summed E-state index contributed by atoms with van der Waals surface area (Å²) in [4.78, 5) is 0. The van der Waals surface area contributed by atoms with Gasteiger partial charge in [0.2, 0.25) is 0 Å². The molecule has 1 N–H and O–H groups in total. The van der Waals surface area contributed by atoms with Gasteiger partial charge in [0.25, 0.3) is 0 Å². The van der Waals surface area contributed by atoms with Gasteiger partial charge in [-0.3, -0.25) is 4.21 Å². The van der Waals surface area contributed by atoms with E-state index in [-0.39, 0.29) is 0 Å². The monoisotopic (exact) mass is 219 g/mol. The highest BCUT2D eigenvalue weighted by Crippen LogP contribution is 2.00. The van der Waals surface area contributed by atoms with Gasteiger partial charge in [-0.2, -0.15) is 0 Å². The third kappa shape index (κ3) is 12.1. The summed E-state index contributed by atoms with van der Waals surface area (Å²) < 4.78 is 10.7. The first-order valence-electron chi connectivity index (χ1n) is 5.78. The van der Waals surface area contributed by atoms with Crippen LogP contribution in [0, 0.1) is 0 Å². The molecule has 0 aliphatic carbocycles. The Hall–Kier alpha value is 0.110. The Bertz CT molecular complexity index is 139. The molecule has 14 heavy (non-hydrogen) atoms.